The van der Waals surface area contributed by atoms with Gasteiger partial charge in [0, 0.05) is 12.1 Å². The molecule has 1 rings (SSSR count). The van der Waals surface area contributed by atoms with Gasteiger partial charge in [0.25, 0.3) is 5.91 Å². The van der Waals surface area contributed by atoms with E-state index in [-0.39, 0.29) is 10.7 Å². The van der Waals surface area contributed by atoms with E-state index in [1.165, 1.54) is 31.4 Å². The number of alkyl halides is 3. The van der Waals surface area contributed by atoms with Crippen LogP contribution in [0.3, 0.4) is 0 Å². The Morgan fingerprint density at radius 2 is 1.85 bits per heavy atom. The Balaban J connectivity index is 2.33. The van der Waals surface area contributed by atoms with Gasteiger partial charge in [-0.15, -0.1) is 13.2 Å². The van der Waals surface area contributed by atoms with E-state index in [0.29, 0.717) is 12.5 Å². The fraction of sp³-hybridized carbons (Fsp3) is 0.529. The predicted octanol–water partition coefficient (Wildman–Crippen LogP) is 3.91. The highest BCUT2D eigenvalue weighted by atomic mass is 32.1. The molecule has 0 aliphatic carbocycles. The number of halogens is 3. The second-order valence-electron chi connectivity index (χ2n) is 5.96. The van der Waals surface area contributed by atoms with Crippen LogP contribution in [-0.2, 0) is 0 Å². The molecule has 1 aromatic carbocycles. The molecule has 0 spiro atoms. The summed E-state index contributed by atoms with van der Waals surface area (Å²) in [5.74, 6) is -0.460. The van der Waals surface area contributed by atoms with Gasteiger partial charge in [0.15, 0.2) is 5.11 Å². The molecule has 1 aromatic rings. The smallest absolute Gasteiger partial charge is 0.406 e. The third-order valence-electron chi connectivity index (χ3n) is 3.55. The van der Waals surface area contributed by atoms with Crippen LogP contribution >= 0.6 is 12.2 Å². The Kier molecular flexibility index (Phi) is 9.18. The van der Waals surface area contributed by atoms with Crippen molar-refractivity contribution in [3.05, 3.63) is 29.8 Å². The van der Waals surface area contributed by atoms with Crippen molar-refractivity contribution in [2.75, 3.05) is 6.54 Å². The maximum absolute atomic E-state index is 12.1. The first-order valence-electron chi connectivity index (χ1n) is 8.41. The SMILES string of the molecule is CCCCC[C@H](C)CNC(=S)NNC(=O)c1ccc(OC(F)(F)F)cc1. The number of carbonyl (C=O) groups is 1. The Bertz CT molecular complexity index is 580. The van der Waals surface area contributed by atoms with Crippen LogP contribution in [-0.4, -0.2) is 23.9 Å². The first-order chi connectivity index (χ1) is 12.2. The van der Waals surface area contributed by atoms with Gasteiger partial charge in [-0.05, 0) is 48.8 Å². The lowest BCUT2D eigenvalue weighted by Gasteiger charge is -2.15. The van der Waals surface area contributed by atoms with E-state index in [9.17, 15) is 18.0 Å². The summed E-state index contributed by atoms with van der Waals surface area (Å²) < 4.78 is 40.0. The van der Waals surface area contributed by atoms with E-state index in [0.717, 1.165) is 18.6 Å². The average molecular weight is 391 g/mol. The first kappa shape index (κ1) is 22.0. The van der Waals surface area contributed by atoms with Gasteiger partial charge < -0.3 is 10.1 Å². The predicted molar refractivity (Wildman–Crippen MR) is 97.6 cm³/mol. The summed E-state index contributed by atoms with van der Waals surface area (Å²) in [4.78, 5) is 11.9. The maximum Gasteiger partial charge on any atom is 0.573 e. The minimum Gasteiger partial charge on any atom is -0.406 e. The number of ether oxygens (including phenoxy) is 1. The lowest BCUT2D eigenvalue weighted by Crippen LogP contribution is -2.47. The number of hydrogen-bond acceptors (Lipinski definition) is 3. The molecule has 5 nitrogen and oxygen atoms in total. The van der Waals surface area contributed by atoms with Gasteiger partial charge in [0.2, 0.25) is 0 Å². The molecule has 0 aromatic heterocycles. The number of rotatable bonds is 8. The maximum atomic E-state index is 12.1. The van der Waals surface area contributed by atoms with Crippen molar-refractivity contribution in [3.8, 4) is 5.75 Å². The Morgan fingerprint density at radius 1 is 1.19 bits per heavy atom. The zero-order valence-electron chi connectivity index (χ0n) is 14.8. The molecule has 0 fully saturated rings. The molecule has 26 heavy (non-hydrogen) atoms. The number of hydrazine groups is 1. The van der Waals surface area contributed by atoms with Gasteiger partial charge in [-0.25, -0.2) is 0 Å². The van der Waals surface area contributed by atoms with Crippen LogP contribution in [0.4, 0.5) is 13.2 Å². The standard InChI is InChI=1S/C17H24F3N3O2S/c1-3-4-5-6-12(2)11-21-16(26)23-22-15(24)13-7-9-14(10-8-13)25-17(18,19)20/h7-10,12H,3-6,11H2,1-2H3,(H,22,24)(H2,21,23,26)/t12-/m0/s1. The van der Waals surface area contributed by atoms with Crippen molar-refractivity contribution < 1.29 is 22.7 Å². The van der Waals surface area contributed by atoms with E-state index in [1.54, 1.807) is 0 Å². The molecule has 0 radical (unpaired) electrons. The number of amides is 1. The fourth-order valence-electron chi connectivity index (χ4n) is 2.15. The second kappa shape index (κ2) is 10.8. The number of thiocarbonyl (C=S) groups is 1. The van der Waals surface area contributed by atoms with Gasteiger partial charge >= 0.3 is 6.36 Å². The molecular formula is C17H24F3N3O2S. The molecule has 3 N–H and O–H groups in total. The van der Waals surface area contributed by atoms with Crippen molar-refractivity contribution in [1.82, 2.24) is 16.2 Å². The van der Waals surface area contributed by atoms with Crippen LogP contribution in [0.1, 0.15) is 49.9 Å². The van der Waals surface area contributed by atoms with Crippen molar-refractivity contribution >= 4 is 23.2 Å². The summed E-state index contributed by atoms with van der Waals surface area (Å²) in [5.41, 5.74) is 5.12. The largest absolute Gasteiger partial charge is 0.573 e. The summed E-state index contributed by atoms with van der Waals surface area (Å²) in [5, 5.41) is 3.29. The summed E-state index contributed by atoms with van der Waals surface area (Å²) in [6, 6.07) is 4.59. The molecule has 0 saturated heterocycles. The molecule has 1 atom stereocenters. The quantitative estimate of drug-likeness (QED) is 0.356. The van der Waals surface area contributed by atoms with Gasteiger partial charge in [0.1, 0.15) is 5.75 Å². The molecule has 0 unspecified atom stereocenters. The molecule has 9 heteroatoms. The number of nitrogens with one attached hydrogen (secondary N) is 3. The lowest BCUT2D eigenvalue weighted by molar-refractivity contribution is -0.274. The summed E-state index contributed by atoms with van der Waals surface area (Å²) in [7, 11) is 0. The molecule has 0 aliphatic heterocycles. The van der Waals surface area contributed by atoms with E-state index in [2.05, 4.69) is 34.8 Å². The summed E-state index contributed by atoms with van der Waals surface area (Å²) in [6.07, 6.45) is -0.116. The van der Waals surface area contributed by atoms with Crippen molar-refractivity contribution in [1.29, 1.82) is 0 Å². The van der Waals surface area contributed by atoms with Gasteiger partial charge in [-0.3, -0.25) is 15.6 Å². The number of hydrogen-bond donors (Lipinski definition) is 3. The molecule has 0 heterocycles. The molecule has 1 amide bonds. The summed E-state index contributed by atoms with van der Waals surface area (Å²) in [6.45, 7) is 4.96. The number of unbranched alkanes of at least 4 members (excludes halogenated alkanes) is 2. The topological polar surface area (TPSA) is 62.4 Å². The van der Waals surface area contributed by atoms with Gasteiger partial charge in [-0.2, -0.15) is 0 Å². The number of carbonyl (C=O) groups excluding carboxylic acids is 1. The minimum atomic E-state index is -4.77. The normalized spacial score (nSPS) is 12.2. The third kappa shape index (κ3) is 9.45. The van der Waals surface area contributed by atoms with Crippen LogP contribution in [0.25, 0.3) is 0 Å². The van der Waals surface area contributed by atoms with Crippen molar-refractivity contribution in [2.45, 2.75) is 45.9 Å². The monoisotopic (exact) mass is 391 g/mol. The fourth-order valence-corrected chi connectivity index (χ4v) is 2.28. The van der Waals surface area contributed by atoms with E-state index < -0.39 is 18.0 Å². The van der Waals surface area contributed by atoms with Crippen LogP contribution < -0.4 is 20.9 Å². The highest BCUT2D eigenvalue weighted by molar-refractivity contribution is 7.80. The highest BCUT2D eigenvalue weighted by Gasteiger charge is 2.31. The lowest BCUT2D eigenvalue weighted by atomic mass is 10.0. The molecular weight excluding hydrogens is 367 g/mol. The second-order valence-corrected chi connectivity index (χ2v) is 6.37. The number of benzene rings is 1. The zero-order chi connectivity index (χ0) is 19.6. The Hall–Kier alpha value is -2.03. The average Bonchev–Trinajstić information content (AvgIpc) is 2.57. The molecule has 0 saturated carbocycles. The van der Waals surface area contributed by atoms with Crippen LogP contribution in [0.15, 0.2) is 24.3 Å². The van der Waals surface area contributed by atoms with E-state index in [1.807, 2.05) is 0 Å². The van der Waals surface area contributed by atoms with Crippen LogP contribution in [0.5, 0.6) is 5.75 Å². The van der Waals surface area contributed by atoms with E-state index in [4.69, 9.17) is 12.2 Å². The van der Waals surface area contributed by atoms with Gasteiger partial charge in [-0.1, -0.05) is 33.1 Å². The van der Waals surface area contributed by atoms with Gasteiger partial charge in [0.05, 0.1) is 0 Å². The minimum absolute atomic E-state index is 0.169. The molecule has 0 aliphatic rings. The molecule has 0 bridgehead atoms. The zero-order valence-corrected chi connectivity index (χ0v) is 15.6. The highest BCUT2D eigenvalue weighted by Crippen LogP contribution is 2.22. The Labute approximate surface area is 156 Å². The molecule has 146 valence electrons. The van der Waals surface area contributed by atoms with Crippen LogP contribution in [0, 0.1) is 5.92 Å². The summed E-state index contributed by atoms with van der Waals surface area (Å²) >= 11 is 5.07. The van der Waals surface area contributed by atoms with Crippen molar-refractivity contribution in [3.63, 3.8) is 0 Å². The van der Waals surface area contributed by atoms with Crippen molar-refractivity contribution in [2.24, 2.45) is 5.92 Å². The van der Waals surface area contributed by atoms with E-state index >= 15 is 0 Å². The Morgan fingerprint density at radius 3 is 2.42 bits per heavy atom. The third-order valence-corrected chi connectivity index (χ3v) is 3.80. The first-order valence-corrected chi connectivity index (χ1v) is 8.82. The van der Waals surface area contributed by atoms with Crippen LogP contribution in [0.2, 0.25) is 0 Å².